The van der Waals surface area contributed by atoms with Gasteiger partial charge in [-0.1, -0.05) is 36.4 Å². The van der Waals surface area contributed by atoms with Gasteiger partial charge in [-0.25, -0.2) is 0 Å². The van der Waals surface area contributed by atoms with Gasteiger partial charge in [0, 0.05) is 19.7 Å². The van der Waals surface area contributed by atoms with Crippen molar-refractivity contribution in [3.63, 3.8) is 0 Å². The standard InChI is InChI=1S/C19H18F3NO/c1-14-5-3-4-6-16(14)13-23(2)18(24)12-9-15-7-10-17(11-8-15)19(20,21)22/h3-12H,13H2,1-2H3/b12-9+. The number of hydrogen-bond acceptors (Lipinski definition) is 1. The first kappa shape index (κ1) is 17.8. The van der Waals surface area contributed by atoms with Crippen molar-refractivity contribution in [1.82, 2.24) is 4.90 Å². The maximum absolute atomic E-state index is 12.5. The van der Waals surface area contributed by atoms with Crippen LogP contribution in [0.25, 0.3) is 6.08 Å². The van der Waals surface area contributed by atoms with E-state index in [2.05, 4.69) is 0 Å². The van der Waals surface area contributed by atoms with Crippen LogP contribution in [0.4, 0.5) is 13.2 Å². The zero-order valence-corrected chi connectivity index (χ0v) is 13.5. The van der Waals surface area contributed by atoms with Gasteiger partial charge in [0.25, 0.3) is 0 Å². The number of rotatable bonds is 4. The molecule has 24 heavy (non-hydrogen) atoms. The summed E-state index contributed by atoms with van der Waals surface area (Å²) in [6, 6.07) is 12.5. The van der Waals surface area contributed by atoms with Crippen molar-refractivity contribution in [2.24, 2.45) is 0 Å². The van der Waals surface area contributed by atoms with Crippen LogP contribution in [0, 0.1) is 6.92 Å². The molecule has 1 amide bonds. The van der Waals surface area contributed by atoms with Crippen molar-refractivity contribution in [1.29, 1.82) is 0 Å². The van der Waals surface area contributed by atoms with Crippen LogP contribution in [0.2, 0.25) is 0 Å². The Bertz CT molecular complexity index is 733. The van der Waals surface area contributed by atoms with E-state index in [1.165, 1.54) is 24.3 Å². The summed E-state index contributed by atoms with van der Waals surface area (Å²) in [5.74, 6) is -0.210. The molecular formula is C19H18F3NO. The lowest BCUT2D eigenvalue weighted by atomic mass is 10.1. The molecule has 5 heteroatoms. The minimum Gasteiger partial charge on any atom is -0.338 e. The molecule has 2 aromatic rings. The highest BCUT2D eigenvalue weighted by atomic mass is 19.4. The molecule has 0 aliphatic heterocycles. The molecule has 0 aliphatic rings. The predicted octanol–water partition coefficient (Wildman–Crippen LogP) is 4.69. The molecule has 0 atom stereocenters. The van der Waals surface area contributed by atoms with Gasteiger partial charge >= 0.3 is 6.18 Å². The number of alkyl halides is 3. The van der Waals surface area contributed by atoms with Crippen molar-refractivity contribution in [3.05, 3.63) is 76.9 Å². The van der Waals surface area contributed by atoms with E-state index in [4.69, 9.17) is 0 Å². The number of hydrogen-bond donors (Lipinski definition) is 0. The highest BCUT2D eigenvalue weighted by Crippen LogP contribution is 2.29. The average molecular weight is 333 g/mol. The van der Waals surface area contributed by atoms with Crippen LogP contribution < -0.4 is 0 Å². The van der Waals surface area contributed by atoms with Crippen LogP contribution in [-0.2, 0) is 17.5 Å². The summed E-state index contributed by atoms with van der Waals surface area (Å²) in [5, 5.41) is 0. The predicted molar refractivity (Wildman–Crippen MR) is 88.1 cm³/mol. The van der Waals surface area contributed by atoms with Gasteiger partial charge in [-0.3, -0.25) is 4.79 Å². The minimum absolute atomic E-state index is 0.210. The van der Waals surface area contributed by atoms with Crippen LogP contribution in [0.3, 0.4) is 0 Å². The summed E-state index contributed by atoms with van der Waals surface area (Å²) < 4.78 is 37.5. The van der Waals surface area contributed by atoms with E-state index in [-0.39, 0.29) is 5.91 Å². The van der Waals surface area contributed by atoms with E-state index in [9.17, 15) is 18.0 Å². The Morgan fingerprint density at radius 3 is 2.29 bits per heavy atom. The van der Waals surface area contributed by atoms with Gasteiger partial charge < -0.3 is 4.90 Å². The lowest BCUT2D eigenvalue weighted by Crippen LogP contribution is -2.24. The van der Waals surface area contributed by atoms with Crippen LogP contribution in [0.1, 0.15) is 22.3 Å². The summed E-state index contributed by atoms with van der Waals surface area (Å²) in [7, 11) is 1.69. The van der Waals surface area contributed by atoms with E-state index in [0.29, 0.717) is 12.1 Å². The third-order valence-corrected chi connectivity index (χ3v) is 3.70. The number of carbonyl (C=O) groups excluding carboxylic acids is 1. The number of carbonyl (C=O) groups is 1. The van der Waals surface area contributed by atoms with Gasteiger partial charge in [-0.15, -0.1) is 0 Å². The first-order chi connectivity index (χ1) is 11.3. The van der Waals surface area contributed by atoms with Crippen LogP contribution in [0.5, 0.6) is 0 Å². The van der Waals surface area contributed by atoms with E-state index in [1.807, 2.05) is 31.2 Å². The Morgan fingerprint density at radius 2 is 1.71 bits per heavy atom. The van der Waals surface area contributed by atoms with E-state index in [0.717, 1.165) is 23.3 Å². The number of benzene rings is 2. The van der Waals surface area contributed by atoms with Crippen LogP contribution >= 0.6 is 0 Å². The van der Waals surface area contributed by atoms with Gasteiger partial charge in [0.1, 0.15) is 0 Å². The zero-order chi connectivity index (χ0) is 17.7. The first-order valence-corrected chi connectivity index (χ1v) is 7.42. The Morgan fingerprint density at radius 1 is 1.08 bits per heavy atom. The fourth-order valence-corrected chi connectivity index (χ4v) is 2.20. The van der Waals surface area contributed by atoms with Gasteiger partial charge in [-0.05, 0) is 41.8 Å². The Balaban J connectivity index is 2.00. The van der Waals surface area contributed by atoms with Gasteiger partial charge in [-0.2, -0.15) is 13.2 Å². The third kappa shape index (κ3) is 4.72. The minimum atomic E-state index is -4.36. The molecule has 0 saturated carbocycles. The topological polar surface area (TPSA) is 20.3 Å². The normalized spacial score (nSPS) is 11.7. The molecule has 2 aromatic carbocycles. The smallest absolute Gasteiger partial charge is 0.338 e. The molecule has 2 rings (SSSR count). The van der Waals surface area contributed by atoms with Crippen molar-refractivity contribution in [3.8, 4) is 0 Å². The van der Waals surface area contributed by atoms with E-state index < -0.39 is 11.7 Å². The number of likely N-dealkylation sites (N-methyl/N-ethyl adjacent to an activating group) is 1. The molecule has 0 N–H and O–H groups in total. The Labute approximate surface area is 139 Å². The number of amides is 1. The SMILES string of the molecule is Cc1ccccc1CN(C)C(=O)/C=C/c1ccc(C(F)(F)F)cc1. The molecule has 0 unspecified atom stereocenters. The molecule has 0 bridgehead atoms. The highest BCUT2D eigenvalue weighted by Gasteiger charge is 2.29. The van der Waals surface area contributed by atoms with Gasteiger partial charge in [0.2, 0.25) is 5.91 Å². The van der Waals surface area contributed by atoms with Gasteiger partial charge in [0.15, 0.2) is 0 Å². The fraction of sp³-hybridized carbons (Fsp3) is 0.211. The summed E-state index contributed by atoms with van der Waals surface area (Å²) in [6.45, 7) is 2.45. The molecular weight excluding hydrogens is 315 g/mol. The molecule has 0 aliphatic carbocycles. The lowest BCUT2D eigenvalue weighted by Gasteiger charge is -2.16. The quantitative estimate of drug-likeness (QED) is 0.744. The first-order valence-electron chi connectivity index (χ1n) is 7.42. The molecule has 0 spiro atoms. The number of halogens is 3. The zero-order valence-electron chi connectivity index (χ0n) is 13.5. The van der Waals surface area contributed by atoms with Crippen molar-refractivity contribution in [2.45, 2.75) is 19.6 Å². The lowest BCUT2D eigenvalue weighted by molar-refractivity contribution is -0.137. The van der Waals surface area contributed by atoms with Crippen molar-refractivity contribution < 1.29 is 18.0 Å². The Kier molecular flexibility index (Phi) is 5.44. The number of nitrogens with zero attached hydrogens (tertiary/aromatic N) is 1. The third-order valence-electron chi connectivity index (χ3n) is 3.70. The monoisotopic (exact) mass is 333 g/mol. The second-order valence-corrected chi connectivity index (χ2v) is 5.57. The van der Waals surface area contributed by atoms with E-state index in [1.54, 1.807) is 11.9 Å². The van der Waals surface area contributed by atoms with Crippen molar-refractivity contribution in [2.75, 3.05) is 7.05 Å². The molecule has 126 valence electrons. The average Bonchev–Trinajstić information content (AvgIpc) is 2.54. The highest BCUT2D eigenvalue weighted by molar-refractivity contribution is 5.91. The summed E-state index contributed by atoms with van der Waals surface area (Å²) >= 11 is 0. The second-order valence-electron chi connectivity index (χ2n) is 5.57. The summed E-state index contributed by atoms with van der Waals surface area (Å²) in [5.41, 5.74) is 1.99. The van der Waals surface area contributed by atoms with Crippen molar-refractivity contribution >= 4 is 12.0 Å². The van der Waals surface area contributed by atoms with Crippen LogP contribution in [-0.4, -0.2) is 17.9 Å². The summed E-state index contributed by atoms with van der Waals surface area (Å²) in [6.07, 6.45) is -1.48. The maximum atomic E-state index is 12.5. The molecule has 0 radical (unpaired) electrons. The second kappa shape index (κ2) is 7.34. The maximum Gasteiger partial charge on any atom is 0.416 e. The number of aryl methyl sites for hydroxylation is 1. The molecule has 0 heterocycles. The Hall–Kier alpha value is -2.56. The van der Waals surface area contributed by atoms with Crippen LogP contribution in [0.15, 0.2) is 54.6 Å². The molecule has 0 saturated heterocycles. The largest absolute Gasteiger partial charge is 0.416 e. The van der Waals surface area contributed by atoms with E-state index >= 15 is 0 Å². The summed E-state index contributed by atoms with van der Waals surface area (Å²) in [4.78, 5) is 13.7. The molecule has 0 fully saturated rings. The van der Waals surface area contributed by atoms with Gasteiger partial charge in [0.05, 0.1) is 5.56 Å². The fourth-order valence-electron chi connectivity index (χ4n) is 2.20. The molecule has 0 aromatic heterocycles. The molecule has 2 nitrogen and oxygen atoms in total.